The summed E-state index contributed by atoms with van der Waals surface area (Å²) in [5.74, 6) is -2.99. The molecule has 0 unspecified atom stereocenters. The minimum Gasteiger partial charge on any atom is -0.465 e. The first-order valence-electron chi connectivity index (χ1n) is 10.8. The van der Waals surface area contributed by atoms with Gasteiger partial charge in [-0.15, -0.1) is 0 Å². The number of rotatable bonds is 10. The Bertz CT molecular complexity index is 564. The number of hydroxylamine groups is 2. The van der Waals surface area contributed by atoms with E-state index in [2.05, 4.69) is 27.7 Å². The first-order valence-corrected chi connectivity index (χ1v) is 10.8. The molecule has 0 aromatic heterocycles. The molecule has 29 heavy (non-hydrogen) atoms. The summed E-state index contributed by atoms with van der Waals surface area (Å²) < 4.78 is 10.3. The number of aldehydes is 1. The lowest BCUT2D eigenvalue weighted by atomic mass is 9.81. The summed E-state index contributed by atoms with van der Waals surface area (Å²) in [4.78, 5) is 43.9. The van der Waals surface area contributed by atoms with Crippen LogP contribution in [0, 0.1) is 17.8 Å². The molecule has 0 aromatic carbocycles. The monoisotopic (exact) mass is 411 g/mol. The zero-order valence-corrected chi connectivity index (χ0v) is 18.7. The Morgan fingerprint density at radius 2 is 1.48 bits per heavy atom. The molecule has 0 bridgehead atoms. The Labute approximate surface area is 174 Å². The molecule has 166 valence electrons. The van der Waals surface area contributed by atoms with Crippen LogP contribution in [0.15, 0.2) is 0 Å². The quantitative estimate of drug-likeness (QED) is 0.310. The highest BCUT2D eigenvalue weighted by atomic mass is 16.7. The average molecular weight is 412 g/mol. The molecule has 1 aliphatic carbocycles. The maximum absolute atomic E-state index is 12.7. The van der Waals surface area contributed by atoms with Crippen molar-refractivity contribution in [2.45, 2.75) is 90.8 Å². The third-order valence-electron chi connectivity index (χ3n) is 6.05. The Balaban J connectivity index is 2.35. The molecular formula is C22H37NO6. The number of nitrogens with zero attached hydrogens (tertiary/aromatic N) is 1. The molecule has 7 heteroatoms. The van der Waals surface area contributed by atoms with Gasteiger partial charge in [0.2, 0.25) is 0 Å². The van der Waals surface area contributed by atoms with Gasteiger partial charge >= 0.3 is 11.9 Å². The first-order chi connectivity index (χ1) is 13.6. The fourth-order valence-corrected chi connectivity index (χ4v) is 4.65. The van der Waals surface area contributed by atoms with E-state index in [1.54, 1.807) is 13.8 Å². The Kier molecular flexibility index (Phi) is 7.85. The summed E-state index contributed by atoms with van der Waals surface area (Å²) in [6.07, 6.45) is 4.46. The molecule has 1 saturated carbocycles. The number of carbonyl (C=O) groups is 3. The lowest BCUT2D eigenvalue weighted by Gasteiger charge is -2.52. The fraction of sp³-hybridized carbons (Fsp3) is 0.864. The van der Waals surface area contributed by atoms with E-state index in [9.17, 15) is 14.4 Å². The van der Waals surface area contributed by atoms with Crippen LogP contribution in [0.25, 0.3) is 0 Å². The topological polar surface area (TPSA) is 82.1 Å². The molecule has 1 aliphatic heterocycles. The number of piperidine rings is 1. The minimum absolute atomic E-state index is 0.0556. The number of carbonyl (C=O) groups excluding carboxylic acids is 3. The standard InChI is InChI=1S/C22H37NO6/c1-7-27-19(25)18(20(26)28-8-2)17(15-10-11-15)16(14-24)29-23-21(3,4)12-9-13-22(23,5)6/h14-18H,7-13H2,1-6H3/t16-,17+/m1/s1. The highest BCUT2D eigenvalue weighted by molar-refractivity contribution is 5.95. The van der Waals surface area contributed by atoms with E-state index in [1.165, 1.54) is 0 Å². The smallest absolute Gasteiger partial charge is 0.320 e. The van der Waals surface area contributed by atoms with Gasteiger partial charge in [-0.05, 0) is 79.6 Å². The van der Waals surface area contributed by atoms with Crippen molar-refractivity contribution in [2.75, 3.05) is 13.2 Å². The summed E-state index contributed by atoms with van der Waals surface area (Å²) in [7, 11) is 0. The molecule has 0 radical (unpaired) electrons. The number of esters is 2. The van der Waals surface area contributed by atoms with Gasteiger partial charge in [0.1, 0.15) is 6.10 Å². The summed E-state index contributed by atoms with van der Waals surface area (Å²) in [6.45, 7) is 12.1. The van der Waals surface area contributed by atoms with Crippen molar-refractivity contribution in [2.24, 2.45) is 17.8 Å². The van der Waals surface area contributed by atoms with E-state index in [1.807, 2.05) is 5.06 Å². The lowest BCUT2D eigenvalue weighted by Crippen LogP contribution is -2.60. The van der Waals surface area contributed by atoms with Gasteiger partial charge in [0.25, 0.3) is 0 Å². The van der Waals surface area contributed by atoms with Crippen LogP contribution in [0.1, 0.15) is 73.6 Å². The van der Waals surface area contributed by atoms with Crippen molar-refractivity contribution in [3.63, 3.8) is 0 Å². The Morgan fingerprint density at radius 3 is 1.86 bits per heavy atom. The Morgan fingerprint density at radius 1 is 1.00 bits per heavy atom. The van der Waals surface area contributed by atoms with E-state index in [0.717, 1.165) is 38.4 Å². The van der Waals surface area contributed by atoms with E-state index in [0.29, 0.717) is 0 Å². The lowest BCUT2D eigenvalue weighted by molar-refractivity contribution is -0.306. The fourth-order valence-electron chi connectivity index (χ4n) is 4.65. The maximum atomic E-state index is 12.7. The van der Waals surface area contributed by atoms with Crippen LogP contribution in [-0.4, -0.2) is 53.7 Å². The first kappa shape index (κ1) is 23.8. The van der Waals surface area contributed by atoms with Crippen molar-refractivity contribution in [3.05, 3.63) is 0 Å². The van der Waals surface area contributed by atoms with Crippen LogP contribution in [-0.2, 0) is 28.7 Å². The second-order valence-corrected chi connectivity index (χ2v) is 9.38. The second-order valence-electron chi connectivity index (χ2n) is 9.38. The van der Waals surface area contributed by atoms with Crippen LogP contribution in [0.4, 0.5) is 0 Å². The van der Waals surface area contributed by atoms with Gasteiger partial charge in [0.15, 0.2) is 12.2 Å². The molecule has 2 aliphatic rings. The van der Waals surface area contributed by atoms with Crippen molar-refractivity contribution in [1.29, 1.82) is 0 Å². The van der Waals surface area contributed by atoms with Crippen molar-refractivity contribution in [1.82, 2.24) is 5.06 Å². The van der Waals surface area contributed by atoms with Gasteiger partial charge in [0.05, 0.1) is 13.2 Å². The molecule has 0 spiro atoms. The third kappa shape index (κ3) is 5.57. The van der Waals surface area contributed by atoms with Gasteiger partial charge in [-0.3, -0.25) is 14.4 Å². The van der Waals surface area contributed by atoms with Crippen LogP contribution < -0.4 is 0 Å². The van der Waals surface area contributed by atoms with Crippen LogP contribution in [0.5, 0.6) is 0 Å². The zero-order valence-electron chi connectivity index (χ0n) is 18.7. The van der Waals surface area contributed by atoms with Gasteiger partial charge in [-0.2, -0.15) is 5.06 Å². The summed E-state index contributed by atoms with van der Waals surface area (Å²) in [5, 5.41) is 1.91. The number of hydrogen-bond donors (Lipinski definition) is 0. The summed E-state index contributed by atoms with van der Waals surface area (Å²) in [5.41, 5.74) is -0.527. The van der Waals surface area contributed by atoms with E-state index in [-0.39, 0.29) is 30.2 Å². The third-order valence-corrected chi connectivity index (χ3v) is 6.05. The predicted octanol–water partition coefficient (Wildman–Crippen LogP) is 3.30. The van der Waals surface area contributed by atoms with Crippen molar-refractivity contribution in [3.8, 4) is 0 Å². The average Bonchev–Trinajstić information content (AvgIpc) is 3.44. The number of hydrogen-bond acceptors (Lipinski definition) is 7. The molecule has 2 fully saturated rings. The van der Waals surface area contributed by atoms with Crippen LogP contribution >= 0.6 is 0 Å². The number of ether oxygens (including phenoxy) is 2. The SMILES string of the molecule is CCOC(=O)C(C(=O)OCC)[C@@H](C1CC1)[C@@H](C=O)ON1C(C)(C)CCCC1(C)C. The summed E-state index contributed by atoms with van der Waals surface area (Å²) in [6, 6.07) is 0. The molecule has 2 atom stereocenters. The van der Waals surface area contributed by atoms with Crippen LogP contribution in [0.2, 0.25) is 0 Å². The normalized spacial score (nSPS) is 23.3. The van der Waals surface area contributed by atoms with Gasteiger partial charge in [-0.1, -0.05) is 0 Å². The van der Waals surface area contributed by atoms with E-state index in [4.69, 9.17) is 14.3 Å². The largest absolute Gasteiger partial charge is 0.465 e. The maximum Gasteiger partial charge on any atom is 0.320 e. The molecule has 1 heterocycles. The van der Waals surface area contributed by atoms with Gasteiger partial charge in [-0.25, -0.2) is 0 Å². The van der Waals surface area contributed by atoms with Crippen molar-refractivity contribution >= 4 is 18.2 Å². The molecular weight excluding hydrogens is 374 g/mol. The molecule has 7 nitrogen and oxygen atoms in total. The molecule has 0 N–H and O–H groups in total. The molecule has 1 saturated heterocycles. The predicted molar refractivity (Wildman–Crippen MR) is 108 cm³/mol. The van der Waals surface area contributed by atoms with Gasteiger partial charge < -0.3 is 14.3 Å². The summed E-state index contributed by atoms with van der Waals surface area (Å²) >= 11 is 0. The van der Waals surface area contributed by atoms with E-state index >= 15 is 0 Å². The van der Waals surface area contributed by atoms with Crippen LogP contribution in [0.3, 0.4) is 0 Å². The second kappa shape index (κ2) is 9.56. The molecule has 0 aromatic rings. The zero-order chi connectivity index (χ0) is 21.8. The molecule has 0 amide bonds. The Hall–Kier alpha value is -1.47. The minimum atomic E-state index is -1.16. The highest BCUT2D eigenvalue weighted by Gasteiger charge is 2.52. The highest BCUT2D eigenvalue weighted by Crippen LogP contribution is 2.46. The molecule has 2 rings (SSSR count). The van der Waals surface area contributed by atoms with E-state index < -0.39 is 29.9 Å². The van der Waals surface area contributed by atoms with Gasteiger partial charge in [0, 0.05) is 17.0 Å². The van der Waals surface area contributed by atoms with Crippen molar-refractivity contribution < 1.29 is 28.7 Å².